The van der Waals surface area contributed by atoms with Crippen molar-refractivity contribution in [2.24, 2.45) is 0 Å². The van der Waals surface area contributed by atoms with Crippen molar-refractivity contribution >= 4 is 35.2 Å². The van der Waals surface area contributed by atoms with Crippen LogP contribution in [0.1, 0.15) is 32.4 Å². The number of hydrogen-bond donors (Lipinski definition) is 0. The lowest BCUT2D eigenvalue weighted by atomic mass is 10.0. The normalized spacial score (nSPS) is 18.5. The number of halogens is 3. The second kappa shape index (κ2) is 8.43. The predicted octanol–water partition coefficient (Wildman–Crippen LogP) is 4.44. The number of ether oxygens (including phenoxy) is 2. The number of carbonyl (C=O) groups excluding carboxylic acids is 2. The van der Waals surface area contributed by atoms with E-state index in [0.717, 1.165) is 0 Å². The Labute approximate surface area is 164 Å². The summed E-state index contributed by atoms with van der Waals surface area (Å²) in [6.45, 7) is 5.96. The molecule has 1 aromatic heterocycles. The molecule has 27 heavy (non-hydrogen) atoms. The number of rotatable bonds is 3. The Hall–Kier alpha value is -1.87. The van der Waals surface area contributed by atoms with Gasteiger partial charge >= 0.3 is 12.7 Å². The maximum atomic E-state index is 12.7. The molecule has 1 amide bonds. The molecule has 0 saturated carbocycles. The van der Waals surface area contributed by atoms with Crippen molar-refractivity contribution in [3.63, 3.8) is 0 Å². The molecule has 1 atom stereocenters. The molecule has 0 N–H and O–H groups in total. The molecule has 148 valence electrons. The minimum Gasteiger partial charge on any atom is -0.444 e. The number of nitrogens with zero attached hydrogens (tertiary/aromatic N) is 2. The fourth-order valence-corrected chi connectivity index (χ4v) is 3.36. The third kappa shape index (κ3) is 5.80. The summed E-state index contributed by atoms with van der Waals surface area (Å²) in [6.07, 6.45) is -0.714. The molecule has 0 bridgehead atoms. The highest BCUT2D eigenvalue weighted by Gasteiger charge is 2.38. The average molecular weight is 421 g/mol. The van der Waals surface area contributed by atoms with Gasteiger partial charge in [0.05, 0.1) is 12.3 Å². The van der Waals surface area contributed by atoms with Gasteiger partial charge in [0.15, 0.2) is 5.78 Å². The fourth-order valence-electron chi connectivity index (χ4n) is 2.37. The van der Waals surface area contributed by atoms with Crippen LogP contribution in [-0.2, 0) is 9.53 Å². The molecular formula is C17H19ClF2N2O4S. The first kappa shape index (κ1) is 21.4. The van der Waals surface area contributed by atoms with E-state index in [4.69, 9.17) is 16.3 Å². The number of ketones is 1. The van der Waals surface area contributed by atoms with Crippen LogP contribution in [0.4, 0.5) is 13.6 Å². The van der Waals surface area contributed by atoms with Crippen LogP contribution in [0.15, 0.2) is 23.6 Å². The highest BCUT2D eigenvalue weighted by atomic mass is 35.5. The van der Waals surface area contributed by atoms with Gasteiger partial charge in [-0.2, -0.15) is 8.78 Å². The van der Waals surface area contributed by atoms with E-state index in [-0.39, 0.29) is 34.7 Å². The maximum absolute atomic E-state index is 12.7. The minimum absolute atomic E-state index is 0.0710. The first-order valence-electron chi connectivity index (χ1n) is 7.92. The Kier molecular flexibility index (Phi) is 6.69. The summed E-state index contributed by atoms with van der Waals surface area (Å²) in [4.78, 5) is 31.0. The van der Waals surface area contributed by atoms with Gasteiger partial charge < -0.3 is 9.47 Å². The van der Waals surface area contributed by atoms with Crippen LogP contribution < -0.4 is 4.74 Å². The van der Waals surface area contributed by atoms with E-state index >= 15 is 0 Å². The van der Waals surface area contributed by atoms with Crippen molar-refractivity contribution in [1.82, 2.24) is 9.88 Å². The SMILES string of the molecule is C=C1CN(C(=O)OC(C)(C)C)[C@H](c2ccc(OC(F)F)nc2Cl)C(=O)CS1. The molecule has 0 spiro atoms. The zero-order chi connectivity index (χ0) is 20.4. The molecule has 6 nitrogen and oxygen atoms in total. The lowest BCUT2D eigenvalue weighted by Crippen LogP contribution is -2.42. The third-order valence-corrected chi connectivity index (χ3v) is 4.64. The summed E-state index contributed by atoms with van der Waals surface area (Å²) < 4.78 is 34.3. The number of Topliss-reactive ketones (excluding diaryl/α,β-unsaturated/α-hetero) is 1. The van der Waals surface area contributed by atoms with E-state index < -0.39 is 24.3 Å². The molecule has 1 aliphatic heterocycles. The summed E-state index contributed by atoms with van der Waals surface area (Å²) in [6, 6.07) is 1.43. The van der Waals surface area contributed by atoms with Crippen molar-refractivity contribution < 1.29 is 27.8 Å². The Bertz CT molecular complexity index is 755. The van der Waals surface area contributed by atoms with Crippen molar-refractivity contribution in [3.05, 3.63) is 34.3 Å². The van der Waals surface area contributed by atoms with E-state index in [1.165, 1.54) is 28.8 Å². The lowest BCUT2D eigenvalue weighted by molar-refractivity contribution is -0.121. The third-order valence-electron chi connectivity index (χ3n) is 3.37. The van der Waals surface area contributed by atoms with E-state index in [2.05, 4.69) is 16.3 Å². The van der Waals surface area contributed by atoms with Gasteiger partial charge in [0, 0.05) is 11.6 Å². The highest BCUT2D eigenvalue weighted by Crippen LogP contribution is 2.35. The second-order valence-electron chi connectivity index (χ2n) is 6.71. The first-order valence-corrected chi connectivity index (χ1v) is 9.28. The molecule has 1 aromatic rings. The second-order valence-corrected chi connectivity index (χ2v) is 8.23. The van der Waals surface area contributed by atoms with Crippen LogP contribution in [0.2, 0.25) is 5.15 Å². The number of aromatic nitrogens is 1. The van der Waals surface area contributed by atoms with Crippen LogP contribution in [0.3, 0.4) is 0 Å². The Morgan fingerprint density at radius 2 is 2.11 bits per heavy atom. The van der Waals surface area contributed by atoms with Crippen molar-refractivity contribution in [2.45, 2.75) is 39.0 Å². The van der Waals surface area contributed by atoms with Crippen LogP contribution in [0.25, 0.3) is 0 Å². The van der Waals surface area contributed by atoms with Crippen molar-refractivity contribution in [2.75, 3.05) is 12.3 Å². The van der Waals surface area contributed by atoms with E-state index in [9.17, 15) is 18.4 Å². The largest absolute Gasteiger partial charge is 0.444 e. The number of amides is 1. The summed E-state index contributed by atoms with van der Waals surface area (Å²) >= 11 is 7.33. The molecule has 1 saturated heterocycles. The topological polar surface area (TPSA) is 68.7 Å². The number of alkyl halides is 2. The van der Waals surface area contributed by atoms with Gasteiger partial charge in [-0.25, -0.2) is 9.78 Å². The summed E-state index contributed by atoms with van der Waals surface area (Å²) in [7, 11) is 0. The van der Waals surface area contributed by atoms with Crippen molar-refractivity contribution in [3.8, 4) is 5.88 Å². The molecule has 2 heterocycles. The molecule has 1 aliphatic rings. The molecular weight excluding hydrogens is 402 g/mol. The van der Waals surface area contributed by atoms with Crippen LogP contribution in [0.5, 0.6) is 5.88 Å². The standard InChI is InChI=1S/C17H19ClF2N2O4S/c1-9-7-22(16(24)26-17(2,3)4)13(11(23)8-27-9)10-5-6-12(21-14(10)18)25-15(19)20/h5-6,13,15H,1,7-8H2,2-4H3/t13-/m1/s1. The average Bonchev–Trinajstić information content (AvgIpc) is 2.65. The van der Waals surface area contributed by atoms with E-state index in [1.54, 1.807) is 20.8 Å². The Morgan fingerprint density at radius 1 is 1.44 bits per heavy atom. The molecule has 0 radical (unpaired) electrons. The monoisotopic (exact) mass is 420 g/mol. The van der Waals surface area contributed by atoms with Crippen molar-refractivity contribution in [1.29, 1.82) is 0 Å². The number of thioether (sulfide) groups is 1. The smallest absolute Gasteiger partial charge is 0.411 e. The van der Waals surface area contributed by atoms with Gasteiger partial charge in [0.25, 0.3) is 0 Å². The fraction of sp³-hybridized carbons (Fsp3) is 0.471. The van der Waals surface area contributed by atoms with Gasteiger partial charge in [-0.1, -0.05) is 18.2 Å². The Morgan fingerprint density at radius 3 is 2.67 bits per heavy atom. The maximum Gasteiger partial charge on any atom is 0.411 e. The van der Waals surface area contributed by atoms with E-state index in [1.807, 2.05) is 0 Å². The molecule has 1 fully saturated rings. The zero-order valence-electron chi connectivity index (χ0n) is 15.0. The minimum atomic E-state index is -3.06. The van der Waals surface area contributed by atoms with Gasteiger partial charge in [0.1, 0.15) is 16.8 Å². The molecule has 0 aromatic carbocycles. The summed E-state index contributed by atoms with van der Waals surface area (Å²) in [5, 5.41) is -0.211. The quantitative estimate of drug-likeness (QED) is 0.673. The molecule has 10 heteroatoms. The number of carbonyl (C=O) groups is 2. The Balaban J connectivity index is 2.43. The van der Waals surface area contributed by atoms with Gasteiger partial charge in [0.2, 0.25) is 5.88 Å². The predicted molar refractivity (Wildman–Crippen MR) is 98.2 cm³/mol. The zero-order valence-corrected chi connectivity index (χ0v) is 16.6. The van der Waals surface area contributed by atoms with Gasteiger partial charge in [-0.05, 0) is 31.7 Å². The van der Waals surface area contributed by atoms with Crippen LogP contribution in [-0.4, -0.2) is 46.3 Å². The van der Waals surface area contributed by atoms with Crippen LogP contribution in [0, 0.1) is 0 Å². The van der Waals surface area contributed by atoms with E-state index in [0.29, 0.717) is 4.91 Å². The van der Waals surface area contributed by atoms with Gasteiger partial charge in [-0.3, -0.25) is 9.69 Å². The summed E-state index contributed by atoms with van der Waals surface area (Å²) in [5.74, 6) is -0.618. The highest BCUT2D eigenvalue weighted by molar-refractivity contribution is 8.03. The lowest BCUT2D eigenvalue weighted by Gasteiger charge is -2.31. The first-order chi connectivity index (χ1) is 12.5. The molecule has 0 aliphatic carbocycles. The number of hydrogen-bond acceptors (Lipinski definition) is 6. The van der Waals surface area contributed by atoms with Crippen LogP contribution >= 0.6 is 23.4 Å². The van der Waals surface area contributed by atoms with Gasteiger partial charge in [-0.15, -0.1) is 11.8 Å². The summed E-state index contributed by atoms with van der Waals surface area (Å²) in [5.41, 5.74) is -0.577. The number of pyridine rings is 1. The molecule has 0 unspecified atom stereocenters. The molecule has 2 rings (SSSR count).